The van der Waals surface area contributed by atoms with E-state index in [0.717, 1.165) is 12.8 Å². The van der Waals surface area contributed by atoms with E-state index in [9.17, 15) is 9.59 Å². The van der Waals surface area contributed by atoms with E-state index in [1.165, 1.54) is 22.3 Å². The first-order chi connectivity index (χ1) is 16.3. The SMILES string of the molecule is CC.CC(C)(C)OC(=O)NNC1CCN(C(=O)OCC2c3ccccc3-c3ccccc32)CC1. The summed E-state index contributed by atoms with van der Waals surface area (Å²) < 4.78 is 11.0. The molecule has 2 N–H and O–H groups in total. The fraction of sp³-hybridized carbons (Fsp3) is 0.481. The zero-order valence-corrected chi connectivity index (χ0v) is 20.9. The van der Waals surface area contributed by atoms with Crippen molar-refractivity contribution in [3.63, 3.8) is 0 Å². The number of hydrogen-bond donors (Lipinski definition) is 2. The first-order valence-electron chi connectivity index (χ1n) is 12.2. The van der Waals surface area contributed by atoms with Crippen molar-refractivity contribution >= 4 is 12.2 Å². The molecular formula is C27H37N3O4. The van der Waals surface area contributed by atoms with Crippen molar-refractivity contribution in [1.82, 2.24) is 15.8 Å². The Kier molecular flexibility index (Phi) is 8.56. The van der Waals surface area contributed by atoms with Gasteiger partial charge in [-0.15, -0.1) is 0 Å². The lowest BCUT2D eigenvalue weighted by Gasteiger charge is -2.32. The Balaban J connectivity index is 0.00000158. The fourth-order valence-corrected chi connectivity index (χ4v) is 4.36. The van der Waals surface area contributed by atoms with Crippen LogP contribution in [0.15, 0.2) is 48.5 Å². The second kappa shape index (κ2) is 11.4. The molecule has 7 nitrogen and oxygen atoms in total. The molecule has 0 atom stereocenters. The van der Waals surface area contributed by atoms with Gasteiger partial charge in [0.25, 0.3) is 0 Å². The van der Waals surface area contributed by atoms with Gasteiger partial charge in [-0.1, -0.05) is 62.4 Å². The highest BCUT2D eigenvalue weighted by molar-refractivity contribution is 5.79. The van der Waals surface area contributed by atoms with Gasteiger partial charge in [0, 0.05) is 25.0 Å². The first-order valence-corrected chi connectivity index (χ1v) is 12.2. The average molecular weight is 468 g/mol. The van der Waals surface area contributed by atoms with Crippen LogP contribution in [0.1, 0.15) is 64.5 Å². The maximum Gasteiger partial charge on any atom is 0.422 e. The van der Waals surface area contributed by atoms with E-state index in [1.807, 2.05) is 58.9 Å². The number of nitrogens with one attached hydrogen (secondary N) is 2. The Hall–Kier alpha value is -3.06. The van der Waals surface area contributed by atoms with E-state index in [4.69, 9.17) is 9.47 Å². The van der Waals surface area contributed by atoms with Crippen LogP contribution >= 0.6 is 0 Å². The van der Waals surface area contributed by atoms with Gasteiger partial charge in [0.1, 0.15) is 12.2 Å². The molecule has 1 aliphatic carbocycles. The molecule has 1 aliphatic heterocycles. The topological polar surface area (TPSA) is 79.9 Å². The van der Waals surface area contributed by atoms with Gasteiger partial charge in [-0.3, -0.25) is 5.43 Å². The summed E-state index contributed by atoms with van der Waals surface area (Å²) in [6.07, 6.45) is 0.655. The van der Waals surface area contributed by atoms with Crippen LogP contribution in [-0.4, -0.2) is 48.4 Å². The van der Waals surface area contributed by atoms with Gasteiger partial charge in [-0.05, 0) is 55.9 Å². The Morgan fingerprint density at radius 3 is 2.00 bits per heavy atom. The van der Waals surface area contributed by atoms with E-state index in [-0.39, 0.29) is 18.1 Å². The Morgan fingerprint density at radius 2 is 1.47 bits per heavy atom. The molecule has 0 radical (unpaired) electrons. The monoisotopic (exact) mass is 467 g/mol. The van der Waals surface area contributed by atoms with E-state index >= 15 is 0 Å². The number of benzene rings is 2. The van der Waals surface area contributed by atoms with Crippen molar-refractivity contribution in [2.24, 2.45) is 0 Å². The van der Waals surface area contributed by atoms with E-state index in [2.05, 4.69) is 35.1 Å². The predicted molar refractivity (Wildman–Crippen MR) is 134 cm³/mol. The molecule has 184 valence electrons. The van der Waals surface area contributed by atoms with Gasteiger partial charge in [-0.25, -0.2) is 15.0 Å². The van der Waals surface area contributed by atoms with Crippen molar-refractivity contribution in [2.45, 2.75) is 65.0 Å². The van der Waals surface area contributed by atoms with Crippen molar-refractivity contribution < 1.29 is 19.1 Å². The molecular weight excluding hydrogens is 430 g/mol. The fourth-order valence-electron chi connectivity index (χ4n) is 4.36. The van der Waals surface area contributed by atoms with Crippen molar-refractivity contribution in [2.75, 3.05) is 19.7 Å². The summed E-state index contributed by atoms with van der Waals surface area (Å²) in [5, 5.41) is 0. The Labute approximate surface area is 202 Å². The number of nitrogens with zero attached hydrogens (tertiary/aromatic N) is 1. The lowest BCUT2D eigenvalue weighted by molar-refractivity contribution is 0.0468. The zero-order chi connectivity index (χ0) is 24.7. The average Bonchev–Trinajstić information content (AvgIpc) is 3.15. The van der Waals surface area contributed by atoms with Gasteiger partial charge in [0.15, 0.2) is 0 Å². The lowest BCUT2D eigenvalue weighted by Crippen LogP contribution is -2.51. The van der Waals surface area contributed by atoms with Crippen LogP contribution in [0.4, 0.5) is 9.59 Å². The molecule has 1 saturated heterocycles. The summed E-state index contributed by atoms with van der Waals surface area (Å²) in [6.45, 7) is 10.9. The number of amides is 2. The van der Waals surface area contributed by atoms with Crippen molar-refractivity contribution in [3.05, 3.63) is 59.7 Å². The smallest absolute Gasteiger partial charge is 0.422 e. The minimum absolute atomic E-state index is 0.0589. The number of piperidine rings is 1. The summed E-state index contributed by atoms with van der Waals surface area (Å²) in [5.74, 6) is 0.0589. The van der Waals surface area contributed by atoms with Gasteiger partial charge in [0.2, 0.25) is 0 Å². The highest BCUT2D eigenvalue weighted by Gasteiger charge is 2.30. The zero-order valence-electron chi connectivity index (χ0n) is 20.9. The maximum atomic E-state index is 12.7. The van der Waals surface area contributed by atoms with E-state index < -0.39 is 11.7 Å². The van der Waals surface area contributed by atoms with E-state index in [0.29, 0.717) is 19.7 Å². The summed E-state index contributed by atoms with van der Waals surface area (Å²) >= 11 is 0. The standard InChI is InChI=1S/C25H31N3O4.C2H6/c1-25(2,3)32-23(29)27-26-17-12-14-28(15-13-17)24(30)31-16-22-20-10-6-4-8-18(20)19-9-5-7-11-21(19)22;1-2/h4-11,17,22,26H,12-16H2,1-3H3,(H,27,29);1-2H3. The first kappa shape index (κ1) is 25.6. The van der Waals surface area contributed by atoms with Gasteiger partial charge in [-0.2, -0.15) is 0 Å². The minimum atomic E-state index is -0.542. The van der Waals surface area contributed by atoms with Crippen LogP contribution in [0.3, 0.4) is 0 Å². The normalized spacial score (nSPS) is 15.5. The highest BCUT2D eigenvalue weighted by atomic mass is 16.6. The minimum Gasteiger partial charge on any atom is -0.448 e. The molecule has 1 fully saturated rings. The molecule has 1 heterocycles. The third-order valence-corrected chi connectivity index (χ3v) is 5.87. The number of fused-ring (bicyclic) bond motifs is 3. The number of hydrazine groups is 1. The Bertz CT molecular complexity index is 932. The van der Waals surface area contributed by atoms with Crippen LogP contribution in [0, 0.1) is 0 Å². The molecule has 4 rings (SSSR count). The second-order valence-electron chi connectivity index (χ2n) is 9.34. The van der Waals surface area contributed by atoms with Gasteiger partial charge >= 0.3 is 12.2 Å². The number of rotatable bonds is 4. The maximum absolute atomic E-state index is 12.7. The number of ether oxygens (including phenoxy) is 2. The molecule has 2 amide bonds. The molecule has 2 aliphatic rings. The molecule has 0 spiro atoms. The Morgan fingerprint density at radius 1 is 0.941 bits per heavy atom. The summed E-state index contributed by atoms with van der Waals surface area (Å²) in [7, 11) is 0. The van der Waals surface area contributed by atoms with Crippen LogP contribution in [0.25, 0.3) is 11.1 Å². The van der Waals surface area contributed by atoms with Crippen molar-refractivity contribution in [3.8, 4) is 11.1 Å². The van der Waals surface area contributed by atoms with Crippen molar-refractivity contribution in [1.29, 1.82) is 0 Å². The highest BCUT2D eigenvalue weighted by Crippen LogP contribution is 2.44. The largest absolute Gasteiger partial charge is 0.448 e. The number of carbonyl (C=O) groups is 2. The third-order valence-electron chi connectivity index (χ3n) is 5.87. The van der Waals surface area contributed by atoms with E-state index in [1.54, 1.807) is 4.90 Å². The molecule has 34 heavy (non-hydrogen) atoms. The molecule has 0 unspecified atom stereocenters. The third kappa shape index (κ3) is 6.29. The summed E-state index contributed by atoms with van der Waals surface area (Å²) in [6, 6.07) is 16.7. The molecule has 0 saturated carbocycles. The lowest BCUT2D eigenvalue weighted by atomic mass is 9.98. The number of likely N-dealkylation sites (tertiary alicyclic amines) is 1. The number of hydrogen-bond acceptors (Lipinski definition) is 5. The molecule has 2 aromatic rings. The van der Waals surface area contributed by atoms with Gasteiger partial charge in [0.05, 0.1) is 0 Å². The summed E-state index contributed by atoms with van der Waals surface area (Å²) in [4.78, 5) is 26.2. The van der Waals surface area contributed by atoms with Crippen LogP contribution in [0.5, 0.6) is 0 Å². The number of carbonyl (C=O) groups excluding carboxylic acids is 2. The molecule has 0 bridgehead atoms. The quantitative estimate of drug-likeness (QED) is 0.584. The molecule has 0 aromatic heterocycles. The van der Waals surface area contributed by atoms with Crippen LogP contribution in [0.2, 0.25) is 0 Å². The summed E-state index contributed by atoms with van der Waals surface area (Å²) in [5.41, 5.74) is 9.89. The second-order valence-corrected chi connectivity index (χ2v) is 9.34. The predicted octanol–water partition coefficient (Wildman–Crippen LogP) is 5.46. The van der Waals surface area contributed by atoms with Crippen LogP contribution < -0.4 is 10.9 Å². The molecule has 7 heteroatoms. The molecule has 2 aromatic carbocycles. The van der Waals surface area contributed by atoms with Crippen LogP contribution in [-0.2, 0) is 9.47 Å². The van der Waals surface area contributed by atoms with Gasteiger partial charge < -0.3 is 14.4 Å².